The second-order valence-electron chi connectivity index (χ2n) is 8.36. The van der Waals surface area contributed by atoms with Gasteiger partial charge in [-0.15, -0.1) is 0 Å². The first-order chi connectivity index (χ1) is 15.6. The number of hydrogen-bond donors (Lipinski definition) is 2. The van der Waals surface area contributed by atoms with Crippen LogP contribution in [0.1, 0.15) is 58.3 Å². The molecule has 0 unspecified atom stereocenters. The predicted molar refractivity (Wildman–Crippen MR) is 125 cm³/mol. The summed E-state index contributed by atoms with van der Waals surface area (Å²) < 4.78 is 5.45. The first-order valence-corrected chi connectivity index (χ1v) is 11.1. The molecule has 1 saturated heterocycles. The lowest BCUT2D eigenvalue weighted by Crippen LogP contribution is -2.16. The number of aryl methyl sites for hydroxylation is 1. The van der Waals surface area contributed by atoms with E-state index >= 15 is 0 Å². The highest BCUT2D eigenvalue weighted by Gasteiger charge is 2.21. The molecule has 0 saturated carbocycles. The van der Waals surface area contributed by atoms with Gasteiger partial charge < -0.3 is 15.6 Å². The van der Waals surface area contributed by atoms with Gasteiger partial charge in [0.2, 0.25) is 0 Å². The summed E-state index contributed by atoms with van der Waals surface area (Å²) in [6, 6.07) is 15.3. The third kappa shape index (κ3) is 4.87. The lowest BCUT2D eigenvalue weighted by atomic mass is 9.90. The van der Waals surface area contributed by atoms with Gasteiger partial charge in [-0.25, -0.2) is 9.97 Å². The minimum Gasteiger partial charge on any atom is -0.396 e. The molecule has 2 aromatic carbocycles. The molecule has 166 valence electrons. The largest absolute Gasteiger partial charge is 0.396 e. The van der Waals surface area contributed by atoms with Crippen LogP contribution in [0.5, 0.6) is 0 Å². The summed E-state index contributed by atoms with van der Waals surface area (Å²) in [5.74, 6) is 0.488. The molecule has 6 heteroatoms. The number of carbonyl (C=O) groups excluding carboxylic acids is 1. The fourth-order valence-electron chi connectivity index (χ4n) is 4.29. The number of nitrogen functional groups attached to an aromatic ring is 1. The van der Waals surface area contributed by atoms with Crippen LogP contribution in [-0.2, 0) is 4.74 Å². The Labute approximate surface area is 188 Å². The van der Waals surface area contributed by atoms with Gasteiger partial charge in [-0.1, -0.05) is 42.5 Å². The van der Waals surface area contributed by atoms with Crippen molar-refractivity contribution in [2.24, 2.45) is 0 Å². The Morgan fingerprint density at radius 2 is 1.94 bits per heavy atom. The molecule has 32 heavy (non-hydrogen) atoms. The van der Waals surface area contributed by atoms with E-state index in [0.29, 0.717) is 23.0 Å². The van der Waals surface area contributed by atoms with Crippen molar-refractivity contribution in [2.45, 2.75) is 38.0 Å². The van der Waals surface area contributed by atoms with Crippen molar-refractivity contribution >= 4 is 11.6 Å². The number of carbonyl (C=O) groups is 1. The van der Waals surface area contributed by atoms with E-state index in [0.717, 1.165) is 48.4 Å². The van der Waals surface area contributed by atoms with Crippen molar-refractivity contribution in [3.05, 3.63) is 77.1 Å². The molecular weight excluding hydrogens is 402 g/mol. The molecule has 3 aromatic rings. The third-order valence-corrected chi connectivity index (χ3v) is 6.18. The number of anilines is 1. The average molecular weight is 432 g/mol. The summed E-state index contributed by atoms with van der Waals surface area (Å²) >= 11 is 0. The standard InChI is InChI=1S/C26H29N3O3/c1-17-13-20(25-26(27)28-15-23(29-25)19-9-11-32-12-10-19)7-8-22(17)24(31)14-21(16-30)18-5-3-2-4-6-18/h2-8,13,15,19,21,30H,9-12,14,16H2,1H3,(H2,27,28)/t21-/m1/s1. The Morgan fingerprint density at radius 1 is 1.19 bits per heavy atom. The molecule has 4 rings (SSSR count). The Morgan fingerprint density at radius 3 is 2.62 bits per heavy atom. The lowest BCUT2D eigenvalue weighted by Gasteiger charge is -2.22. The summed E-state index contributed by atoms with van der Waals surface area (Å²) in [4.78, 5) is 22.2. The number of Topliss-reactive ketones (excluding diaryl/α,β-unsaturated/α-hetero) is 1. The summed E-state index contributed by atoms with van der Waals surface area (Å²) in [5.41, 5.74) is 11.1. The molecule has 1 aromatic heterocycles. The topological polar surface area (TPSA) is 98.3 Å². The molecule has 3 N–H and O–H groups in total. The number of aromatic nitrogens is 2. The highest BCUT2D eigenvalue weighted by atomic mass is 16.5. The van der Waals surface area contributed by atoms with Crippen molar-refractivity contribution in [1.82, 2.24) is 9.97 Å². The van der Waals surface area contributed by atoms with Crippen molar-refractivity contribution in [3.8, 4) is 11.3 Å². The average Bonchev–Trinajstić information content (AvgIpc) is 2.83. The van der Waals surface area contributed by atoms with Gasteiger partial charge in [0.1, 0.15) is 11.5 Å². The number of nitrogens with two attached hydrogens (primary N) is 1. The second-order valence-corrected chi connectivity index (χ2v) is 8.36. The molecule has 1 atom stereocenters. The fraction of sp³-hybridized carbons (Fsp3) is 0.346. The normalized spacial score (nSPS) is 15.4. The van der Waals surface area contributed by atoms with Crippen LogP contribution in [0.25, 0.3) is 11.3 Å². The van der Waals surface area contributed by atoms with Crippen LogP contribution >= 0.6 is 0 Å². The second kappa shape index (κ2) is 10.0. The number of rotatable bonds is 7. The van der Waals surface area contributed by atoms with Crippen molar-refractivity contribution in [2.75, 3.05) is 25.6 Å². The molecule has 1 aliphatic heterocycles. The lowest BCUT2D eigenvalue weighted by molar-refractivity contribution is 0.0844. The number of aliphatic hydroxyl groups excluding tert-OH is 1. The maximum Gasteiger partial charge on any atom is 0.163 e. The summed E-state index contributed by atoms with van der Waals surface area (Å²) in [6.07, 6.45) is 3.87. The van der Waals surface area contributed by atoms with Crippen molar-refractivity contribution in [3.63, 3.8) is 0 Å². The van der Waals surface area contributed by atoms with Crippen molar-refractivity contribution in [1.29, 1.82) is 0 Å². The maximum atomic E-state index is 13.0. The number of hydrogen-bond acceptors (Lipinski definition) is 6. The minimum atomic E-state index is -0.222. The van der Waals surface area contributed by atoms with E-state index in [2.05, 4.69) is 4.98 Å². The molecule has 0 aliphatic carbocycles. The molecule has 0 bridgehead atoms. The molecule has 2 heterocycles. The zero-order chi connectivity index (χ0) is 22.5. The van der Waals surface area contributed by atoms with E-state index in [1.54, 1.807) is 6.20 Å². The first-order valence-electron chi connectivity index (χ1n) is 11.1. The van der Waals surface area contributed by atoms with Crippen LogP contribution < -0.4 is 5.73 Å². The number of aliphatic hydroxyl groups is 1. The van der Waals surface area contributed by atoms with Gasteiger partial charge in [-0.05, 0) is 37.0 Å². The Bertz CT molecular complexity index is 1080. The van der Waals surface area contributed by atoms with Gasteiger partial charge in [-0.2, -0.15) is 0 Å². The SMILES string of the molecule is Cc1cc(-c2nc(C3CCOCC3)cnc2N)ccc1C(=O)C[C@H](CO)c1ccccc1. The first kappa shape index (κ1) is 22.1. The summed E-state index contributed by atoms with van der Waals surface area (Å²) in [6.45, 7) is 3.32. The Kier molecular flexibility index (Phi) is 6.93. The van der Waals surface area contributed by atoms with Gasteiger partial charge in [0.25, 0.3) is 0 Å². The molecule has 0 radical (unpaired) electrons. The molecule has 6 nitrogen and oxygen atoms in total. The molecule has 1 aliphatic rings. The van der Waals surface area contributed by atoms with E-state index in [4.69, 9.17) is 15.5 Å². The van der Waals surface area contributed by atoms with Gasteiger partial charge in [0.05, 0.1) is 18.5 Å². The predicted octanol–water partition coefficient (Wildman–Crippen LogP) is 4.28. The van der Waals surface area contributed by atoms with E-state index in [1.165, 1.54) is 0 Å². The van der Waals surface area contributed by atoms with E-state index < -0.39 is 0 Å². The highest BCUT2D eigenvalue weighted by Crippen LogP contribution is 2.31. The monoisotopic (exact) mass is 431 g/mol. The van der Waals surface area contributed by atoms with Crippen LogP contribution in [0.3, 0.4) is 0 Å². The van der Waals surface area contributed by atoms with Crippen LogP contribution in [0, 0.1) is 6.92 Å². The van der Waals surface area contributed by atoms with Gasteiger partial charge >= 0.3 is 0 Å². The van der Waals surface area contributed by atoms with Crippen LogP contribution in [0.2, 0.25) is 0 Å². The van der Waals surface area contributed by atoms with Gasteiger partial charge in [0.15, 0.2) is 5.78 Å². The van der Waals surface area contributed by atoms with E-state index in [-0.39, 0.29) is 24.7 Å². The molecule has 0 spiro atoms. The Hall–Kier alpha value is -3.09. The summed E-state index contributed by atoms with van der Waals surface area (Å²) in [5, 5.41) is 9.81. The zero-order valence-electron chi connectivity index (χ0n) is 18.3. The molecule has 1 fully saturated rings. The van der Waals surface area contributed by atoms with Crippen LogP contribution in [0.15, 0.2) is 54.7 Å². The molecular formula is C26H29N3O3. The number of ketones is 1. The Balaban J connectivity index is 1.56. The fourth-order valence-corrected chi connectivity index (χ4v) is 4.29. The maximum absolute atomic E-state index is 13.0. The number of nitrogens with zero attached hydrogens (tertiary/aromatic N) is 2. The minimum absolute atomic E-state index is 0.00645. The van der Waals surface area contributed by atoms with E-state index in [9.17, 15) is 9.90 Å². The summed E-state index contributed by atoms with van der Waals surface area (Å²) in [7, 11) is 0. The van der Waals surface area contributed by atoms with Gasteiger partial charge in [0, 0.05) is 42.6 Å². The van der Waals surface area contributed by atoms with Crippen LogP contribution in [-0.4, -0.2) is 40.7 Å². The third-order valence-electron chi connectivity index (χ3n) is 6.18. The number of ether oxygens (including phenoxy) is 1. The van der Waals surface area contributed by atoms with Gasteiger partial charge in [-0.3, -0.25) is 4.79 Å². The smallest absolute Gasteiger partial charge is 0.163 e. The zero-order valence-corrected chi connectivity index (χ0v) is 18.3. The molecule has 0 amide bonds. The van der Waals surface area contributed by atoms with Crippen molar-refractivity contribution < 1.29 is 14.6 Å². The highest BCUT2D eigenvalue weighted by molar-refractivity contribution is 5.98. The van der Waals surface area contributed by atoms with E-state index in [1.807, 2.05) is 55.5 Å². The van der Waals surface area contributed by atoms with Crippen LogP contribution in [0.4, 0.5) is 5.82 Å². The number of benzene rings is 2. The quantitative estimate of drug-likeness (QED) is 0.542.